The summed E-state index contributed by atoms with van der Waals surface area (Å²) in [5, 5.41) is 10.2. The number of carbonyl (C=O) groups excluding carboxylic acids is 2. The lowest BCUT2D eigenvalue weighted by molar-refractivity contribution is -0.139. The average molecular weight is 342 g/mol. The van der Waals surface area contributed by atoms with Gasteiger partial charge in [-0.1, -0.05) is 23.8 Å². The van der Waals surface area contributed by atoms with Crippen LogP contribution in [-0.4, -0.2) is 52.4 Å². The molecule has 1 N–H and O–H groups in total. The number of aryl methyl sites for hydroxylation is 1. The number of carbonyl (C=O) groups is 2. The summed E-state index contributed by atoms with van der Waals surface area (Å²) in [7, 11) is 0. The maximum atomic E-state index is 12.9. The molecule has 3 aliphatic heterocycles. The van der Waals surface area contributed by atoms with E-state index in [1.165, 1.54) is 5.57 Å². The van der Waals surface area contributed by atoms with Crippen molar-refractivity contribution < 1.29 is 14.7 Å². The highest BCUT2D eigenvalue weighted by Gasteiger charge is 2.41. The fourth-order valence-corrected chi connectivity index (χ4v) is 3.73. The molecule has 5 nitrogen and oxygen atoms in total. The van der Waals surface area contributed by atoms with Gasteiger partial charge in [-0.05, 0) is 45.2 Å². The second-order valence-corrected chi connectivity index (χ2v) is 7.38. The van der Waals surface area contributed by atoms with Crippen LogP contribution in [-0.2, 0) is 4.79 Å². The van der Waals surface area contributed by atoms with Gasteiger partial charge in [0.1, 0.15) is 5.75 Å². The number of nitrogens with zero attached hydrogens (tertiary/aromatic N) is 2. The number of phenols is 1. The zero-order chi connectivity index (χ0) is 18.1. The Morgan fingerprint density at radius 3 is 2.76 bits per heavy atom. The van der Waals surface area contributed by atoms with Crippen LogP contribution < -0.4 is 0 Å². The number of piperidine rings is 1. The smallest absolute Gasteiger partial charge is 0.257 e. The monoisotopic (exact) mass is 342 g/mol. The number of aromatic hydroxyl groups is 1. The summed E-state index contributed by atoms with van der Waals surface area (Å²) in [5.74, 6) is -0.135. The average Bonchev–Trinajstić information content (AvgIpc) is 2.86. The molecule has 3 fully saturated rings. The largest absolute Gasteiger partial charge is 0.507 e. The predicted molar refractivity (Wildman–Crippen MR) is 96.4 cm³/mol. The lowest BCUT2D eigenvalue weighted by Crippen LogP contribution is -2.48. The van der Waals surface area contributed by atoms with Gasteiger partial charge in [0.15, 0.2) is 0 Å². The lowest BCUT2D eigenvalue weighted by atomic mass is 9.94. The van der Waals surface area contributed by atoms with Gasteiger partial charge in [0.25, 0.3) is 5.91 Å². The molecule has 134 valence electrons. The van der Waals surface area contributed by atoms with Gasteiger partial charge in [-0.15, -0.1) is 0 Å². The number of fused-ring (bicyclic) bond motifs is 4. The van der Waals surface area contributed by atoms with Crippen LogP contribution in [0.4, 0.5) is 0 Å². The third-order valence-corrected chi connectivity index (χ3v) is 5.24. The number of rotatable bonds is 3. The number of para-hydroxylation sites is 1. The molecule has 3 saturated heterocycles. The molecule has 0 aliphatic carbocycles. The van der Waals surface area contributed by atoms with Crippen LogP contribution in [0.3, 0.4) is 0 Å². The summed E-state index contributed by atoms with van der Waals surface area (Å²) in [4.78, 5) is 29.4. The molecular formula is C20H26N2O3. The molecule has 25 heavy (non-hydrogen) atoms. The Bertz CT molecular complexity index is 722. The van der Waals surface area contributed by atoms with E-state index in [9.17, 15) is 14.7 Å². The highest BCUT2D eigenvalue weighted by Crippen LogP contribution is 2.31. The lowest BCUT2D eigenvalue weighted by Gasteiger charge is -2.35. The van der Waals surface area contributed by atoms with E-state index in [0.717, 1.165) is 12.8 Å². The molecule has 0 saturated carbocycles. The summed E-state index contributed by atoms with van der Waals surface area (Å²) in [6, 6.07) is 5.27. The molecule has 0 radical (unpaired) electrons. The third kappa shape index (κ3) is 3.41. The highest BCUT2D eigenvalue weighted by molar-refractivity contribution is 5.97. The van der Waals surface area contributed by atoms with Crippen molar-refractivity contribution in [3.63, 3.8) is 0 Å². The zero-order valence-corrected chi connectivity index (χ0v) is 15.2. The zero-order valence-electron chi connectivity index (χ0n) is 15.2. The van der Waals surface area contributed by atoms with Gasteiger partial charge in [0, 0.05) is 25.7 Å². The van der Waals surface area contributed by atoms with Gasteiger partial charge in [0.2, 0.25) is 5.91 Å². The normalized spacial score (nSPS) is 22.8. The van der Waals surface area contributed by atoms with E-state index in [0.29, 0.717) is 30.8 Å². The van der Waals surface area contributed by atoms with E-state index in [4.69, 9.17) is 0 Å². The molecule has 0 spiro atoms. The van der Waals surface area contributed by atoms with Crippen molar-refractivity contribution in [2.45, 2.75) is 39.7 Å². The Morgan fingerprint density at radius 1 is 1.28 bits per heavy atom. The molecule has 2 bridgehead atoms. The molecule has 0 aromatic heterocycles. The molecule has 3 heterocycles. The first-order valence-electron chi connectivity index (χ1n) is 8.90. The first-order chi connectivity index (χ1) is 11.9. The van der Waals surface area contributed by atoms with Crippen molar-refractivity contribution in [2.75, 3.05) is 19.6 Å². The second-order valence-electron chi connectivity index (χ2n) is 7.38. The summed E-state index contributed by atoms with van der Waals surface area (Å²) >= 11 is 0. The fourth-order valence-electron chi connectivity index (χ4n) is 3.73. The molecule has 5 heteroatoms. The fraction of sp³-hybridized carbons (Fsp3) is 0.500. The number of hydrogen-bond donors (Lipinski definition) is 1. The molecule has 4 rings (SSSR count). The van der Waals surface area contributed by atoms with Crippen molar-refractivity contribution in [1.82, 2.24) is 9.80 Å². The van der Waals surface area contributed by atoms with Crippen LogP contribution in [0.5, 0.6) is 5.75 Å². The molecule has 1 aromatic rings. The van der Waals surface area contributed by atoms with E-state index >= 15 is 0 Å². The standard InChI is InChI=1S/C20H26N2O3/c1-13(2)9-10-22-16-8-7-15(19(22)24)11-21(12-16)20(25)17-6-4-5-14(3)18(17)23/h4-6,9,15-16,23H,7-8,10-12H2,1-3H3/t15-,16+/m0/s1. The van der Waals surface area contributed by atoms with Crippen LogP contribution in [0, 0.1) is 12.8 Å². The maximum Gasteiger partial charge on any atom is 0.257 e. The van der Waals surface area contributed by atoms with Gasteiger partial charge >= 0.3 is 0 Å². The SMILES string of the molecule is CC(C)=CCN1C(=O)[C@H]2CC[C@@H]1CN(C(=O)c1cccc(C)c1O)C2. The number of hydrogen-bond acceptors (Lipinski definition) is 3. The van der Waals surface area contributed by atoms with Crippen molar-refractivity contribution in [3.05, 3.63) is 41.0 Å². The highest BCUT2D eigenvalue weighted by atomic mass is 16.3. The minimum absolute atomic E-state index is 0.0387. The molecule has 2 amide bonds. The Labute approximate surface area is 148 Å². The number of phenolic OH excluding ortho intramolecular Hbond substituents is 1. The van der Waals surface area contributed by atoms with Crippen LogP contribution in [0.1, 0.15) is 42.6 Å². The summed E-state index contributed by atoms with van der Waals surface area (Å²) < 4.78 is 0. The minimum atomic E-state index is -0.185. The Balaban J connectivity index is 1.84. The first kappa shape index (κ1) is 17.5. The van der Waals surface area contributed by atoms with E-state index in [-0.39, 0.29) is 29.5 Å². The van der Waals surface area contributed by atoms with Gasteiger partial charge in [-0.3, -0.25) is 9.59 Å². The Hall–Kier alpha value is -2.30. The van der Waals surface area contributed by atoms with Crippen molar-refractivity contribution in [1.29, 1.82) is 0 Å². The summed E-state index contributed by atoms with van der Waals surface area (Å²) in [5.41, 5.74) is 2.19. The minimum Gasteiger partial charge on any atom is -0.507 e. The second kappa shape index (κ2) is 6.90. The van der Waals surface area contributed by atoms with Gasteiger partial charge in [0.05, 0.1) is 11.5 Å². The topological polar surface area (TPSA) is 60.9 Å². The number of amides is 2. The maximum absolute atomic E-state index is 12.9. The van der Waals surface area contributed by atoms with E-state index < -0.39 is 0 Å². The van der Waals surface area contributed by atoms with E-state index in [1.54, 1.807) is 30.0 Å². The third-order valence-electron chi connectivity index (χ3n) is 5.24. The summed E-state index contributed by atoms with van der Waals surface area (Å²) in [6.07, 6.45) is 3.83. The van der Waals surface area contributed by atoms with Crippen molar-refractivity contribution in [3.8, 4) is 5.75 Å². The van der Waals surface area contributed by atoms with Crippen LogP contribution in [0.2, 0.25) is 0 Å². The van der Waals surface area contributed by atoms with E-state index in [1.807, 2.05) is 18.7 Å². The molecular weight excluding hydrogens is 316 g/mol. The predicted octanol–water partition coefficient (Wildman–Crippen LogP) is 2.73. The van der Waals surface area contributed by atoms with Gasteiger partial charge < -0.3 is 14.9 Å². The molecule has 3 aliphatic rings. The molecule has 0 unspecified atom stereocenters. The summed E-state index contributed by atoms with van der Waals surface area (Å²) in [6.45, 7) is 7.41. The number of benzene rings is 1. The Morgan fingerprint density at radius 2 is 2.04 bits per heavy atom. The van der Waals surface area contributed by atoms with Gasteiger partial charge in [-0.2, -0.15) is 0 Å². The quantitative estimate of drug-likeness (QED) is 0.859. The molecule has 2 atom stereocenters. The van der Waals surface area contributed by atoms with Crippen LogP contribution >= 0.6 is 0 Å². The first-order valence-corrected chi connectivity index (χ1v) is 8.90. The molecule has 1 aromatic carbocycles. The Kier molecular flexibility index (Phi) is 4.84. The van der Waals surface area contributed by atoms with E-state index in [2.05, 4.69) is 6.08 Å². The van der Waals surface area contributed by atoms with Crippen molar-refractivity contribution >= 4 is 11.8 Å². The van der Waals surface area contributed by atoms with Crippen LogP contribution in [0.25, 0.3) is 0 Å². The van der Waals surface area contributed by atoms with Crippen LogP contribution in [0.15, 0.2) is 29.8 Å². The number of allylic oxidation sites excluding steroid dienone is 1. The van der Waals surface area contributed by atoms with Crippen molar-refractivity contribution in [2.24, 2.45) is 5.92 Å². The van der Waals surface area contributed by atoms with Gasteiger partial charge in [-0.25, -0.2) is 0 Å².